The third-order valence-corrected chi connectivity index (χ3v) is 10.1. The summed E-state index contributed by atoms with van der Waals surface area (Å²) in [6, 6.07) is 5.21. The lowest BCUT2D eigenvalue weighted by Gasteiger charge is -2.28. The molecule has 7 atom stereocenters. The summed E-state index contributed by atoms with van der Waals surface area (Å²) in [5, 5.41) is 0.496. The van der Waals surface area contributed by atoms with Crippen LogP contribution in [0.1, 0.15) is 30.6 Å². The highest BCUT2D eigenvalue weighted by Crippen LogP contribution is 2.60. The normalized spacial score (nSPS) is 32.5. The number of hydrogen-bond acceptors (Lipinski definition) is 5. The van der Waals surface area contributed by atoms with Gasteiger partial charge in [-0.3, -0.25) is 19.3 Å². The molecule has 1 aliphatic heterocycles. The summed E-state index contributed by atoms with van der Waals surface area (Å²) in [5.74, 6) is -2.74. The van der Waals surface area contributed by atoms with Crippen LogP contribution in [0, 0.1) is 29.6 Å². The minimum Gasteiger partial charge on any atom is -0.456 e. The quantitative estimate of drug-likeness (QED) is 0.223. The fourth-order valence-corrected chi connectivity index (χ4v) is 7.26. The number of Topliss-reactive ketones (excluding diaryl/α,β-unsaturated/α-hetero) is 1. The average molecular weight is 576 g/mol. The lowest BCUT2D eigenvalue weighted by atomic mass is 9.81. The van der Waals surface area contributed by atoms with Crippen molar-refractivity contribution in [3.63, 3.8) is 0 Å². The number of alkyl halides is 2. The van der Waals surface area contributed by atoms with Crippen molar-refractivity contribution in [2.75, 3.05) is 6.61 Å². The Morgan fingerprint density at radius 2 is 1.58 bits per heavy atom. The van der Waals surface area contributed by atoms with Gasteiger partial charge < -0.3 is 4.74 Å². The molecule has 3 fully saturated rings. The fourth-order valence-electron chi connectivity index (χ4n) is 5.26. The van der Waals surface area contributed by atoms with Gasteiger partial charge in [0.25, 0.3) is 0 Å². The van der Waals surface area contributed by atoms with Crippen molar-refractivity contribution in [3.05, 3.63) is 34.9 Å². The number of imide groups is 1. The first-order valence-electron chi connectivity index (χ1n) is 10.2. The molecule has 0 aromatic heterocycles. The SMILES string of the molecule is CC(C)[C@@H](C(=O)OCC(=O)c1ccc(Cl)cc1)N1C(=O)[C@@H]2[C@@H]3C[C@H]([C@H](Br)[C@@H]3Br)[C@@H]2C1=O. The minimum absolute atomic E-state index is 0.0659. The Bertz CT molecular complexity index is 904. The van der Waals surface area contributed by atoms with Crippen LogP contribution in [0.3, 0.4) is 0 Å². The van der Waals surface area contributed by atoms with Crippen molar-refractivity contribution in [1.82, 2.24) is 4.90 Å². The fraction of sp³-hybridized carbons (Fsp3) is 0.545. The molecule has 1 aromatic rings. The number of ether oxygens (including phenoxy) is 1. The average Bonchev–Trinajstić information content (AvgIpc) is 3.33. The molecule has 166 valence electrons. The zero-order valence-electron chi connectivity index (χ0n) is 17.0. The van der Waals surface area contributed by atoms with Gasteiger partial charge in [0.2, 0.25) is 11.8 Å². The van der Waals surface area contributed by atoms with Gasteiger partial charge in [-0.1, -0.05) is 57.3 Å². The van der Waals surface area contributed by atoms with E-state index < -0.39 is 30.5 Å². The third-order valence-electron chi connectivity index (χ3n) is 6.68. The number of benzene rings is 1. The van der Waals surface area contributed by atoms with E-state index in [0.717, 1.165) is 11.3 Å². The van der Waals surface area contributed by atoms with Crippen molar-refractivity contribution in [2.24, 2.45) is 29.6 Å². The van der Waals surface area contributed by atoms with E-state index in [2.05, 4.69) is 31.9 Å². The van der Waals surface area contributed by atoms with E-state index in [1.165, 1.54) is 0 Å². The van der Waals surface area contributed by atoms with Gasteiger partial charge in [0.05, 0.1) is 11.8 Å². The Morgan fingerprint density at radius 1 is 1.06 bits per heavy atom. The van der Waals surface area contributed by atoms with Crippen molar-refractivity contribution in [1.29, 1.82) is 0 Å². The van der Waals surface area contributed by atoms with Crippen LogP contribution >= 0.6 is 43.5 Å². The molecule has 9 heteroatoms. The van der Waals surface area contributed by atoms with Gasteiger partial charge in [0.15, 0.2) is 12.4 Å². The van der Waals surface area contributed by atoms with E-state index in [9.17, 15) is 19.2 Å². The van der Waals surface area contributed by atoms with Crippen molar-refractivity contribution < 1.29 is 23.9 Å². The summed E-state index contributed by atoms with van der Waals surface area (Å²) in [4.78, 5) is 53.2. The van der Waals surface area contributed by atoms with Gasteiger partial charge in [-0.15, -0.1) is 0 Å². The van der Waals surface area contributed by atoms with Crippen LogP contribution in [0.4, 0.5) is 0 Å². The molecule has 3 aliphatic rings. The number of esters is 1. The molecule has 4 rings (SSSR count). The first-order valence-corrected chi connectivity index (χ1v) is 12.4. The molecule has 2 amide bonds. The smallest absolute Gasteiger partial charge is 0.330 e. The molecule has 0 N–H and O–H groups in total. The predicted molar refractivity (Wildman–Crippen MR) is 121 cm³/mol. The van der Waals surface area contributed by atoms with Crippen LogP contribution in [0.2, 0.25) is 5.02 Å². The Kier molecular flexibility index (Phi) is 6.36. The monoisotopic (exact) mass is 573 g/mol. The predicted octanol–water partition coefficient (Wildman–Crippen LogP) is 3.87. The molecule has 2 bridgehead atoms. The number of likely N-dealkylation sites (tertiary alicyclic amines) is 1. The summed E-state index contributed by atoms with van der Waals surface area (Å²) in [6.07, 6.45) is 0.818. The number of hydrogen-bond donors (Lipinski definition) is 0. The maximum atomic E-state index is 13.3. The van der Waals surface area contributed by atoms with E-state index in [-0.39, 0.29) is 45.0 Å². The van der Waals surface area contributed by atoms with E-state index in [4.69, 9.17) is 16.3 Å². The maximum absolute atomic E-state index is 13.3. The van der Waals surface area contributed by atoms with Crippen LogP contribution in [-0.2, 0) is 19.1 Å². The highest BCUT2D eigenvalue weighted by atomic mass is 79.9. The van der Waals surface area contributed by atoms with Gasteiger partial charge in [-0.25, -0.2) is 4.79 Å². The summed E-state index contributed by atoms with van der Waals surface area (Å²) in [6.45, 7) is 3.05. The Labute approximate surface area is 202 Å². The number of ketones is 1. The summed E-state index contributed by atoms with van der Waals surface area (Å²) in [5.41, 5.74) is 0.365. The molecule has 1 aromatic carbocycles. The number of amides is 2. The Hall–Kier alpha value is -1.25. The summed E-state index contributed by atoms with van der Waals surface area (Å²) < 4.78 is 5.27. The van der Waals surface area contributed by atoms with Crippen molar-refractivity contribution in [3.8, 4) is 0 Å². The van der Waals surface area contributed by atoms with Crippen LogP contribution in [-0.4, -0.2) is 50.8 Å². The van der Waals surface area contributed by atoms with Gasteiger partial charge in [-0.2, -0.15) is 0 Å². The molecule has 0 unspecified atom stereocenters. The molecule has 6 nitrogen and oxygen atoms in total. The minimum atomic E-state index is -1.05. The van der Waals surface area contributed by atoms with Gasteiger partial charge in [-0.05, 0) is 48.4 Å². The summed E-state index contributed by atoms with van der Waals surface area (Å²) in [7, 11) is 0. The molecule has 2 saturated carbocycles. The van der Waals surface area contributed by atoms with Crippen LogP contribution < -0.4 is 0 Å². The number of carbonyl (C=O) groups is 4. The molecule has 31 heavy (non-hydrogen) atoms. The Morgan fingerprint density at radius 3 is 2.06 bits per heavy atom. The van der Waals surface area contributed by atoms with Gasteiger partial charge in [0, 0.05) is 20.2 Å². The zero-order valence-corrected chi connectivity index (χ0v) is 20.9. The number of nitrogens with zero attached hydrogens (tertiary/aromatic N) is 1. The lowest BCUT2D eigenvalue weighted by Crippen LogP contribution is -2.50. The Balaban J connectivity index is 1.49. The second kappa shape index (κ2) is 8.60. The number of rotatable bonds is 6. The first kappa shape index (κ1) is 22.9. The van der Waals surface area contributed by atoms with Crippen LogP contribution in [0.5, 0.6) is 0 Å². The second-order valence-corrected chi connectivity index (χ2v) is 11.3. The van der Waals surface area contributed by atoms with E-state index in [0.29, 0.717) is 10.6 Å². The van der Waals surface area contributed by atoms with Gasteiger partial charge >= 0.3 is 5.97 Å². The van der Waals surface area contributed by atoms with E-state index in [1.807, 2.05) is 0 Å². The molecule has 1 saturated heterocycles. The topological polar surface area (TPSA) is 80.8 Å². The third kappa shape index (κ3) is 3.78. The van der Waals surface area contributed by atoms with Crippen molar-refractivity contribution in [2.45, 2.75) is 36.0 Å². The second-order valence-electron chi connectivity index (χ2n) is 8.78. The molecular formula is C22H22Br2ClNO5. The molecule has 1 heterocycles. The summed E-state index contributed by atoms with van der Waals surface area (Å²) >= 11 is 13.2. The number of carbonyl (C=O) groups excluding carboxylic acids is 4. The van der Waals surface area contributed by atoms with Gasteiger partial charge in [0.1, 0.15) is 6.04 Å². The van der Waals surface area contributed by atoms with Crippen LogP contribution in [0.25, 0.3) is 0 Å². The zero-order chi connectivity index (χ0) is 22.6. The highest BCUT2D eigenvalue weighted by Gasteiger charge is 2.67. The largest absolute Gasteiger partial charge is 0.456 e. The molecule has 0 spiro atoms. The van der Waals surface area contributed by atoms with Crippen LogP contribution in [0.15, 0.2) is 24.3 Å². The highest BCUT2D eigenvalue weighted by molar-refractivity contribution is 9.12. The standard InChI is InChI=1S/C22H22Br2ClNO5/c1-9(2)19(22(30)31-8-14(27)10-3-5-11(25)6-4-10)26-20(28)15-12-7-13(16(15)21(26)29)18(24)17(12)23/h3-6,9,12-13,15-19H,7-8H2,1-2H3/t12-,13-,15-,16+,17-,18+,19-/m0/s1. The molecule has 0 radical (unpaired) electrons. The van der Waals surface area contributed by atoms with E-state index in [1.54, 1.807) is 38.1 Å². The van der Waals surface area contributed by atoms with Crippen molar-refractivity contribution >= 4 is 67.0 Å². The molecule has 2 aliphatic carbocycles. The number of fused-ring (bicyclic) bond motifs is 5. The lowest BCUT2D eigenvalue weighted by molar-refractivity contribution is -0.160. The molecular weight excluding hydrogens is 554 g/mol. The maximum Gasteiger partial charge on any atom is 0.330 e. The number of halogens is 3. The van der Waals surface area contributed by atoms with E-state index >= 15 is 0 Å². The first-order chi connectivity index (χ1) is 14.6.